The second-order valence-corrected chi connectivity index (χ2v) is 4.95. The van der Waals surface area contributed by atoms with Crippen molar-refractivity contribution in [3.8, 4) is 0 Å². The molecule has 0 bridgehead atoms. The van der Waals surface area contributed by atoms with E-state index in [4.69, 9.17) is 11.6 Å². The van der Waals surface area contributed by atoms with E-state index < -0.39 is 0 Å². The molecule has 2 aromatic rings. The van der Waals surface area contributed by atoms with E-state index in [2.05, 4.69) is 20.7 Å². The number of rotatable bonds is 2. The molecule has 0 aliphatic carbocycles. The van der Waals surface area contributed by atoms with Crippen molar-refractivity contribution in [1.29, 1.82) is 0 Å². The van der Waals surface area contributed by atoms with Gasteiger partial charge in [0.15, 0.2) is 0 Å². The predicted molar refractivity (Wildman–Crippen MR) is 71.4 cm³/mol. The number of hydrogen-bond acceptors (Lipinski definition) is 2. The molecule has 2 rings (SSSR count). The number of halogens is 2. The van der Waals surface area contributed by atoms with E-state index in [1.165, 1.54) is 7.11 Å². The Kier molecular flexibility index (Phi) is 3.45. The quantitative estimate of drug-likeness (QED) is 0.794. The average molecular weight is 317 g/mol. The van der Waals surface area contributed by atoms with Crippen molar-refractivity contribution in [2.45, 2.75) is 13.5 Å². The van der Waals surface area contributed by atoms with Crippen molar-refractivity contribution in [3.63, 3.8) is 0 Å². The van der Waals surface area contributed by atoms with Gasteiger partial charge in [0, 0.05) is 20.6 Å². The Labute approximate surface area is 112 Å². The molecule has 0 amide bonds. The van der Waals surface area contributed by atoms with Gasteiger partial charge in [-0.1, -0.05) is 11.6 Å². The summed E-state index contributed by atoms with van der Waals surface area (Å²) in [5, 5.41) is 1.67. The molecule has 0 unspecified atom stereocenters. The van der Waals surface area contributed by atoms with Gasteiger partial charge in [-0.25, -0.2) is 0 Å². The third-order valence-corrected chi connectivity index (χ3v) is 3.96. The van der Waals surface area contributed by atoms with Gasteiger partial charge < -0.3 is 9.30 Å². The van der Waals surface area contributed by atoms with Crippen molar-refractivity contribution in [1.82, 2.24) is 4.57 Å². The Morgan fingerprint density at radius 2 is 2.24 bits per heavy atom. The Morgan fingerprint density at radius 1 is 1.53 bits per heavy atom. The molecule has 0 saturated carbocycles. The lowest BCUT2D eigenvalue weighted by Gasteiger charge is -2.06. The van der Waals surface area contributed by atoms with Crippen LogP contribution in [0.2, 0.25) is 5.02 Å². The summed E-state index contributed by atoms with van der Waals surface area (Å²) in [5.74, 6) is -0.271. The lowest BCUT2D eigenvalue weighted by molar-refractivity contribution is -0.141. The molecular formula is C12H11BrClNO2. The van der Waals surface area contributed by atoms with Crippen LogP contribution in [-0.2, 0) is 16.1 Å². The van der Waals surface area contributed by atoms with Gasteiger partial charge >= 0.3 is 5.97 Å². The van der Waals surface area contributed by atoms with Crippen LogP contribution in [0.25, 0.3) is 10.9 Å². The molecule has 1 aromatic heterocycles. The lowest BCUT2D eigenvalue weighted by atomic mass is 10.2. The van der Waals surface area contributed by atoms with Crippen molar-refractivity contribution in [2.24, 2.45) is 0 Å². The lowest BCUT2D eigenvalue weighted by Crippen LogP contribution is -2.12. The second kappa shape index (κ2) is 4.70. The number of esters is 1. The first kappa shape index (κ1) is 12.5. The Balaban J connectivity index is 2.62. The molecule has 1 heterocycles. The van der Waals surface area contributed by atoms with Gasteiger partial charge in [-0.05, 0) is 41.1 Å². The first-order valence-corrected chi connectivity index (χ1v) is 6.22. The number of hydrogen-bond donors (Lipinski definition) is 0. The van der Waals surface area contributed by atoms with Crippen LogP contribution in [0.1, 0.15) is 5.69 Å². The topological polar surface area (TPSA) is 31.2 Å². The first-order valence-electron chi connectivity index (χ1n) is 5.05. The molecule has 0 aliphatic heterocycles. The molecule has 0 aliphatic rings. The van der Waals surface area contributed by atoms with Crippen LogP contribution in [0.4, 0.5) is 0 Å². The van der Waals surface area contributed by atoms with Crippen LogP contribution in [0.3, 0.4) is 0 Å². The monoisotopic (exact) mass is 315 g/mol. The molecule has 3 nitrogen and oxygen atoms in total. The van der Waals surface area contributed by atoms with E-state index in [0.29, 0.717) is 5.02 Å². The number of benzene rings is 1. The molecule has 1 aromatic carbocycles. The summed E-state index contributed by atoms with van der Waals surface area (Å²) >= 11 is 9.48. The van der Waals surface area contributed by atoms with Gasteiger partial charge in [0.1, 0.15) is 6.54 Å². The largest absolute Gasteiger partial charge is 0.468 e. The van der Waals surface area contributed by atoms with E-state index >= 15 is 0 Å². The van der Waals surface area contributed by atoms with Gasteiger partial charge in [0.25, 0.3) is 0 Å². The van der Waals surface area contributed by atoms with E-state index in [-0.39, 0.29) is 12.5 Å². The Morgan fingerprint density at radius 3 is 2.88 bits per heavy atom. The van der Waals surface area contributed by atoms with E-state index in [1.807, 2.05) is 29.7 Å². The van der Waals surface area contributed by atoms with E-state index in [0.717, 1.165) is 21.1 Å². The van der Waals surface area contributed by atoms with Crippen molar-refractivity contribution in [3.05, 3.63) is 33.4 Å². The molecular weight excluding hydrogens is 305 g/mol. The summed E-state index contributed by atoms with van der Waals surface area (Å²) in [6.45, 7) is 2.15. The zero-order valence-electron chi connectivity index (χ0n) is 9.46. The Bertz CT molecular complexity index is 592. The summed E-state index contributed by atoms with van der Waals surface area (Å²) in [6.07, 6.45) is 0. The molecule has 0 radical (unpaired) electrons. The minimum Gasteiger partial charge on any atom is -0.468 e. The molecule has 5 heteroatoms. The minimum atomic E-state index is -0.271. The third-order valence-electron chi connectivity index (χ3n) is 2.72. The fraction of sp³-hybridized carbons (Fsp3) is 0.250. The maximum Gasteiger partial charge on any atom is 0.325 e. The van der Waals surface area contributed by atoms with E-state index in [9.17, 15) is 4.79 Å². The number of nitrogens with zero attached hydrogens (tertiary/aromatic N) is 1. The number of carbonyl (C=O) groups excluding carboxylic acids is 1. The van der Waals surface area contributed by atoms with Gasteiger partial charge in [-0.15, -0.1) is 0 Å². The average Bonchev–Trinajstić information content (AvgIpc) is 2.54. The fourth-order valence-corrected chi connectivity index (χ4v) is 2.51. The van der Waals surface area contributed by atoms with Gasteiger partial charge in [0.05, 0.1) is 12.6 Å². The highest BCUT2D eigenvalue weighted by molar-refractivity contribution is 9.10. The molecule has 0 atom stereocenters. The molecule has 0 fully saturated rings. The highest BCUT2D eigenvalue weighted by Gasteiger charge is 2.14. The summed E-state index contributed by atoms with van der Waals surface area (Å²) < 4.78 is 7.55. The van der Waals surface area contributed by atoms with Crippen LogP contribution >= 0.6 is 27.5 Å². The summed E-state index contributed by atoms with van der Waals surface area (Å²) in [4.78, 5) is 11.4. The number of carbonyl (C=O) groups is 1. The molecule has 90 valence electrons. The molecule has 0 N–H and O–H groups in total. The fourth-order valence-electron chi connectivity index (χ4n) is 1.81. The highest BCUT2D eigenvalue weighted by Crippen LogP contribution is 2.32. The van der Waals surface area contributed by atoms with Crippen LogP contribution in [0.5, 0.6) is 0 Å². The van der Waals surface area contributed by atoms with Gasteiger partial charge in [0.2, 0.25) is 0 Å². The highest BCUT2D eigenvalue weighted by atomic mass is 79.9. The van der Waals surface area contributed by atoms with E-state index in [1.54, 1.807) is 0 Å². The van der Waals surface area contributed by atoms with Gasteiger partial charge in [-0.2, -0.15) is 0 Å². The molecule has 0 spiro atoms. The van der Waals surface area contributed by atoms with Crippen molar-refractivity contribution in [2.75, 3.05) is 7.11 Å². The van der Waals surface area contributed by atoms with Crippen LogP contribution in [-0.4, -0.2) is 17.6 Å². The van der Waals surface area contributed by atoms with Crippen LogP contribution < -0.4 is 0 Å². The summed E-state index contributed by atoms with van der Waals surface area (Å²) in [5.41, 5.74) is 1.94. The standard InChI is InChI=1S/C12H11BrClNO2/c1-7-12(13)9-5-8(14)3-4-10(9)15(7)6-11(16)17-2/h3-5H,6H2,1-2H3. The molecule has 0 saturated heterocycles. The van der Waals surface area contributed by atoms with Crippen molar-refractivity contribution >= 4 is 44.4 Å². The summed E-state index contributed by atoms with van der Waals surface area (Å²) in [6, 6.07) is 5.59. The molecule has 17 heavy (non-hydrogen) atoms. The minimum absolute atomic E-state index is 0.200. The zero-order valence-corrected chi connectivity index (χ0v) is 11.8. The van der Waals surface area contributed by atoms with Crippen LogP contribution in [0.15, 0.2) is 22.7 Å². The maximum absolute atomic E-state index is 11.4. The first-order chi connectivity index (χ1) is 8.04. The normalized spacial score (nSPS) is 10.8. The number of methoxy groups -OCH3 is 1. The number of ether oxygens (including phenoxy) is 1. The van der Waals surface area contributed by atoms with Gasteiger partial charge in [-0.3, -0.25) is 4.79 Å². The third kappa shape index (κ3) is 2.19. The second-order valence-electron chi connectivity index (χ2n) is 3.72. The maximum atomic E-state index is 11.4. The number of fused-ring (bicyclic) bond motifs is 1. The predicted octanol–water partition coefficient (Wildman–Crippen LogP) is 3.54. The zero-order chi connectivity index (χ0) is 12.6. The smallest absolute Gasteiger partial charge is 0.325 e. The number of aromatic nitrogens is 1. The Hall–Kier alpha value is -1.00. The summed E-state index contributed by atoms with van der Waals surface area (Å²) in [7, 11) is 1.38. The van der Waals surface area contributed by atoms with Crippen molar-refractivity contribution < 1.29 is 9.53 Å². The van der Waals surface area contributed by atoms with Crippen LogP contribution in [0, 0.1) is 6.92 Å². The SMILES string of the molecule is COC(=O)Cn1c(C)c(Br)c2cc(Cl)ccc21.